The Bertz CT molecular complexity index is 1240. The van der Waals surface area contributed by atoms with Crippen molar-refractivity contribution in [1.82, 2.24) is 0 Å². The Kier molecular flexibility index (Phi) is 6.61. The van der Waals surface area contributed by atoms with Gasteiger partial charge in [-0.1, -0.05) is 29.3 Å². The Morgan fingerprint density at radius 2 is 1.64 bits per heavy atom. The highest BCUT2D eigenvalue weighted by molar-refractivity contribution is 6.53. The van der Waals surface area contributed by atoms with Gasteiger partial charge in [0.2, 0.25) is 5.91 Å². The third-order valence-corrected chi connectivity index (χ3v) is 6.79. The molecule has 3 aromatic rings. The molecule has 0 radical (unpaired) electrons. The molecule has 0 aromatic heterocycles. The quantitative estimate of drug-likeness (QED) is 0.345. The Morgan fingerprint density at radius 3 is 2.30 bits per heavy atom. The molecule has 1 fully saturated rings. The maximum Gasteiger partial charge on any atom is 0.255 e. The molecule has 4 rings (SSSR count). The molecule has 33 heavy (non-hydrogen) atoms. The summed E-state index contributed by atoms with van der Waals surface area (Å²) in [5.41, 5.74) is 2.47. The van der Waals surface area contributed by atoms with Crippen molar-refractivity contribution < 1.29 is 14.0 Å². The normalized spacial score (nSPS) is 18.5. The summed E-state index contributed by atoms with van der Waals surface area (Å²) >= 11 is 24.9. The number of carbonyl (C=O) groups is 2. The first-order valence-electron chi connectivity index (χ1n) is 9.88. The zero-order valence-electron chi connectivity index (χ0n) is 17.1. The average Bonchev–Trinajstić information content (AvgIpc) is 3.31. The third-order valence-electron chi connectivity index (χ3n) is 5.41. The van der Waals surface area contributed by atoms with E-state index >= 15 is 0 Å². The first-order chi connectivity index (χ1) is 15.6. The molecule has 170 valence electrons. The SMILES string of the molecule is Cc1cc(F)ccc1NC(=O)c1cccc(NC(=O)C2C(c3cc(Cl)cc(Cl)c3)C2(Cl)Cl)c1. The topological polar surface area (TPSA) is 58.2 Å². The predicted molar refractivity (Wildman–Crippen MR) is 131 cm³/mol. The summed E-state index contributed by atoms with van der Waals surface area (Å²) in [6.07, 6.45) is 0. The van der Waals surface area contributed by atoms with Crippen LogP contribution in [0.4, 0.5) is 15.8 Å². The highest BCUT2D eigenvalue weighted by Gasteiger charge is 2.67. The number of halogens is 5. The molecule has 1 aliphatic rings. The van der Waals surface area contributed by atoms with Crippen molar-refractivity contribution in [3.05, 3.63) is 93.2 Å². The van der Waals surface area contributed by atoms with E-state index in [1.54, 1.807) is 43.3 Å². The lowest BCUT2D eigenvalue weighted by molar-refractivity contribution is -0.117. The molecule has 4 nitrogen and oxygen atoms in total. The molecule has 2 unspecified atom stereocenters. The number of aryl methyl sites for hydroxylation is 1. The summed E-state index contributed by atoms with van der Waals surface area (Å²) in [5.74, 6) is -2.39. The average molecular weight is 526 g/mol. The van der Waals surface area contributed by atoms with Crippen LogP contribution in [0.15, 0.2) is 60.7 Å². The van der Waals surface area contributed by atoms with Gasteiger partial charge in [0.25, 0.3) is 5.91 Å². The molecule has 0 saturated heterocycles. The van der Waals surface area contributed by atoms with Crippen LogP contribution in [0.25, 0.3) is 0 Å². The van der Waals surface area contributed by atoms with Crippen LogP contribution in [0.1, 0.15) is 27.4 Å². The van der Waals surface area contributed by atoms with Crippen LogP contribution in [0.3, 0.4) is 0 Å². The lowest BCUT2D eigenvalue weighted by Crippen LogP contribution is -2.18. The zero-order valence-corrected chi connectivity index (χ0v) is 20.2. The lowest BCUT2D eigenvalue weighted by atomic mass is 10.1. The highest BCUT2D eigenvalue weighted by atomic mass is 35.5. The van der Waals surface area contributed by atoms with E-state index in [1.807, 2.05) is 0 Å². The maximum atomic E-state index is 13.3. The van der Waals surface area contributed by atoms with Gasteiger partial charge in [-0.3, -0.25) is 9.59 Å². The van der Waals surface area contributed by atoms with Crippen LogP contribution < -0.4 is 10.6 Å². The van der Waals surface area contributed by atoms with Crippen molar-refractivity contribution in [2.75, 3.05) is 10.6 Å². The van der Waals surface area contributed by atoms with Gasteiger partial charge in [0, 0.05) is 32.9 Å². The molecule has 3 aromatic carbocycles. The van der Waals surface area contributed by atoms with E-state index in [4.69, 9.17) is 46.4 Å². The summed E-state index contributed by atoms with van der Waals surface area (Å²) in [7, 11) is 0. The van der Waals surface area contributed by atoms with E-state index < -0.39 is 28.0 Å². The summed E-state index contributed by atoms with van der Waals surface area (Å²) < 4.78 is 12.0. The second kappa shape index (κ2) is 9.15. The standard InChI is InChI=1S/C24H17Cl4FN2O2/c1-12-7-17(29)5-6-19(12)31-22(32)13-3-2-4-18(10-13)30-23(33)21-20(24(21,27)28)14-8-15(25)11-16(26)9-14/h2-11,20-21H,1H3,(H,30,33)(H,31,32). The molecule has 2 N–H and O–H groups in total. The van der Waals surface area contributed by atoms with Gasteiger partial charge in [0.15, 0.2) is 0 Å². The summed E-state index contributed by atoms with van der Waals surface area (Å²) in [4.78, 5) is 25.6. The molecular weight excluding hydrogens is 509 g/mol. The van der Waals surface area contributed by atoms with Gasteiger partial charge in [-0.2, -0.15) is 0 Å². The number of hydrogen-bond acceptors (Lipinski definition) is 2. The van der Waals surface area contributed by atoms with E-state index in [0.29, 0.717) is 38.1 Å². The van der Waals surface area contributed by atoms with E-state index in [2.05, 4.69) is 10.6 Å². The Balaban J connectivity index is 1.48. The second-order valence-corrected chi connectivity index (χ2v) is 10.1. The number of benzene rings is 3. The number of hydrogen-bond donors (Lipinski definition) is 2. The largest absolute Gasteiger partial charge is 0.326 e. The van der Waals surface area contributed by atoms with Crippen LogP contribution in [0, 0.1) is 18.7 Å². The highest BCUT2D eigenvalue weighted by Crippen LogP contribution is 2.65. The molecule has 0 aliphatic heterocycles. The second-order valence-electron chi connectivity index (χ2n) is 7.82. The van der Waals surface area contributed by atoms with E-state index in [-0.39, 0.29) is 5.82 Å². The van der Waals surface area contributed by atoms with Crippen LogP contribution >= 0.6 is 46.4 Å². The summed E-state index contributed by atoms with van der Waals surface area (Å²) in [6.45, 7) is 1.69. The van der Waals surface area contributed by atoms with Crippen molar-refractivity contribution in [2.24, 2.45) is 5.92 Å². The molecule has 0 bridgehead atoms. The minimum Gasteiger partial charge on any atom is -0.326 e. The molecule has 1 saturated carbocycles. The van der Waals surface area contributed by atoms with Crippen molar-refractivity contribution in [3.63, 3.8) is 0 Å². The maximum absolute atomic E-state index is 13.3. The van der Waals surface area contributed by atoms with Gasteiger partial charge in [0.1, 0.15) is 10.2 Å². The van der Waals surface area contributed by atoms with Crippen LogP contribution in [-0.2, 0) is 4.79 Å². The predicted octanol–water partition coefficient (Wildman–Crippen LogP) is 7.22. The molecule has 2 atom stereocenters. The number of alkyl halides is 2. The van der Waals surface area contributed by atoms with Gasteiger partial charge in [-0.05, 0) is 72.6 Å². The number of amides is 2. The molecule has 2 amide bonds. The van der Waals surface area contributed by atoms with Crippen LogP contribution in [0.5, 0.6) is 0 Å². The third kappa shape index (κ3) is 5.12. The van der Waals surface area contributed by atoms with Crippen molar-refractivity contribution >= 4 is 69.6 Å². The molecular formula is C24H17Cl4FN2O2. The lowest BCUT2D eigenvalue weighted by Gasteiger charge is -2.10. The van der Waals surface area contributed by atoms with Gasteiger partial charge in [-0.25, -0.2) is 4.39 Å². The Labute approximate surface area is 210 Å². The van der Waals surface area contributed by atoms with E-state index in [9.17, 15) is 14.0 Å². The van der Waals surface area contributed by atoms with Crippen molar-refractivity contribution in [3.8, 4) is 0 Å². The Morgan fingerprint density at radius 1 is 0.939 bits per heavy atom. The van der Waals surface area contributed by atoms with Gasteiger partial charge in [-0.15, -0.1) is 23.2 Å². The number of rotatable bonds is 5. The summed E-state index contributed by atoms with van der Waals surface area (Å²) in [5, 5.41) is 6.34. The number of carbonyl (C=O) groups excluding carboxylic acids is 2. The zero-order chi connectivity index (χ0) is 23.9. The summed E-state index contributed by atoms with van der Waals surface area (Å²) in [6, 6.07) is 15.4. The Hall–Kier alpha value is -2.31. The molecule has 0 heterocycles. The fourth-order valence-corrected chi connectivity index (χ4v) is 5.11. The minimum absolute atomic E-state index is 0.313. The minimum atomic E-state index is -1.31. The first-order valence-corrected chi connectivity index (χ1v) is 11.4. The molecule has 0 spiro atoms. The first kappa shape index (κ1) is 23.8. The number of nitrogens with one attached hydrogen (secondary N) is 2. The molecule has 9 heteroatoms. The smallest absolute Gasteiger partial charge is 0.255 e. The molecule has 1 aliphatic carbocycles. The number of anilines is 2. The van der Waals surface area contributed by atoms with Crippen LogP contribution in [-0.4, -0.2) is 16.1 Å². The van der Waals surface area contributed by atoms with Crippen LogP contribution in [0.2, 0.25) is 10.0 Å². The van der Waals surface area contributed by atoms with Gasteiger partial charge >= 0.3 is 0 Å². The monoisotopic (exact) mass is 524 g/mol. The fourth-order valence-electron chi connectivity index (χ4n) is 3.74. The van der Waals surface area contributed by atoms with Gasteiger partial charge in [0.05, 0.1) is 5.92 Å². The van der Waals surface area contributed by atoms with Crippen molar-refractivity contribution in [1.29, 1.82) is 0 Å². The fraction of sp³-hybridized carbons (Fsp3) is 0.167. The van der Waals surface area contributed by atoms with Crippen molar-refractivity contribution in [2.45, 2.75) is 17.2 Å². The van der Waals surface area contributed by atoms with E-state index in [1.165, 1.54) is 24.3 Å². The van der Waals surface area contributed by atoms with Gasteiger partial charge < -0.3 is 10.6 Å². The van der Waals surface area contributed by atoms with E-state index in [0.717, 1.165) is 0 Å².